The Bertz CT molecular complexity index is 1450. The molecular weight excluding hydrogens is 566 g/mol. The lowest BCUT2D eigenvalue weighted by Gasteiger charge is -2.33. The first kappa shape index (κ1) is 26.0. The van der Waals surface area contributed by atoms with Crippen molar-refractivity contribution in [1.82, 2.24) is 4.57 Å². The Morgan fingerprint density at radius 1 is 1.14 bits per heavy atom. The number of benzene rings is 2. The Balaban J connectivity index is 1.50. The van der Waals surface area contributed by atoms with Crippen molar-refractivity contribution in [3.63, 3.8) is 0 Å². The second kappa shape index (κ2) is 10.6. The lowest BCUT2D eigenvalue weighted by atomic mass is 9.72. The van der Waals surface area contributed by atoms with Gasteiger partial charge >= 0.3 is 0 Å². The monoisotopic (exact) mass is 593 g/mol. The zero-order valence-corrected chi connectivity index (χ0v) is 24.3. The van der Waals surface area contributed by atoms with Crippen molar-refractivity contribution in [2.75, 3.05) is 5.32 Å². The standard InChI is InChI=1S/C30H29BrClN3OS/c1-30(2,3)19-6-15-25-26(17-19)37-29(27(25)28(36)34-22-11-9-21(32)10-12-22)33-18-24-5-4-16-35(24)23-13-7-20(31)8-14-23/h4-5,7-14,16,18-19H,6,15,17H2,1-3H3,(H,34,36)/t19-/m0/s1. The van der Waals surface area contributed by atoms with Crippen molar-refractivity contribution in [3.05, 3.63) is 98.1 Å². The van der Waals surface area contributed by atoms with Gasteiger partial charge in [0.25, 0.3) is 5.91 Å². The number of carbonyl (C=O) groups is 1. The van der Waals surface area contributed by atoms with Gasteiger partial charge in [-0.15, -0.1) is 11.3 Å². The molecule has 0 saturated heterocycles. The van der Waals surface area contributed by atoms with Crippen LogP contribution in [0.2, 0.25) is 5.02 Å². The summed E-state index contributed by atoms with van der Waals surface area (Å²) in [6, 6.07) is 19.4. The first-order valence-corrected chi connectivity index (χ1v) is 14.4. The molecule has 1 aliphatic carbocycles. The summed E-state index contributed by atoms with van der Waals surface area (Å²) in [4.78, 5) is 19.8. The summed E-state index contributed by atoms with van der Waals surface area (Å²) < 4.78 is 3.12. The lowest BCUT2D eigenvalue weighted by Crippen LogP contribution is -2.27. The summed E-state index contributed by atoms with van der Waals surface area (Å²) in [5, 5.41) is 4.46. The molecule has 2 aromatic heterocycles. The normalized spacial score (nSPS) is 15.6. The number of carbonyl (C=O) groups excluding carboxylic acids is 1. The summed E-state index contributed by atoms with van der Waals surface area (Å²) in [7, 11) is 0. The number of thiophene rings is 1. The SMILES string of the molecule is CC(C)(C)[C@H]1CCc2c(sc(N=Cc3cccn3-c3ccc(Br)cc3)c2C(=O)Nc2ccc(Cl)cc2)C1. The number of hydrogen-bond acceptors (Lipinski definition) is 3. The number of nitrogens with one attached hydrogen (secondary N) is 1. The molecule has 1 aliphatic rings. The third kappa shape index (κ3) is 5.77. The molecule has 4 aromatic rings. The van der Waals surface area contributed by atoms with Crippen molar-refractivity contribution in [3.8, 4) is 5.69 Å². The molecule has 1 N–H and O–H groups in total. The highest BCUT2D eigenvalue weighted by molar-refractivity contribution is 9.10. The van der Waals surface area contributed by atoms with E-state index in [0.717, 1.165) is 51.4 Å². The molecule has 7 heteroatoms. The van der Waals surface area contributed by atoms with Gasteiger partial charge in [0.2, 0.25) is 0 Å². The lowest BCUT2D eigenvalue weighted by molar-refractivity contribution is 0.102. The largest absolute Gasteiger partial charge is 0.322 e. The van der Waals surface area contributed by atoms with Gasteiger partial charge in [0.05, 0.1) is 17.5 Å². The molecular formula is C30H29BrClN3OS. The van der Waals surface area contributed by atoms with Crippen molar-refractivity contribution in [2.24, 2.45) is 16.3 Å². The van der Waals surface area contributed by atoms with Gasteiger partial charge in [-0.3, -0.25) is 4.79 Å². The smallest absolute Gasteiger partial charge is 0.259 e. The van der Waals surface area contributed by atoms with E-state index in [1.165, 1.54) is 4.88 Å². The summed E-state index contributed by atoms with van der Waals surface area (Å²) in [5.41, 5.74) is 4.78. The third-order valence-corrected chi connectivity index (χ3v) is 8.94. The number of nitrogens with zero attached hydrogens (tertiary/aromatic N) is 2. The van der Waals surface area contributed by atoms with Crippen LogP contribution in [0.25, 0.3) is 5.69 Å². The van der Waals surface area contributed by atoms with Crippen LogP contribution in [-0.4, -0.2) is 16.7 Å². The van der Waals surface area contributed by atoms with E-state index in [0.29, 0.717) is 16.5 Å². The number of amides is 1. The molecule has 0 spiro atoms. The van der Waals surface area contributed by atoms with Crippen LogP contribution in [0.5, 0.6) is 0 Å². The van der Waals surface area contributed by atoms with E-state index in [1.54, 1.807) is 23.5 Å². The van der Waals surface area contributed by atoms with E-state index in [4.69, 9.17) is 16.6 Å². The van der Waals surface area contributed by atoms with Crippen LogP contribution in [0.15, 0.2) is 76.3 Å². The van der Waals surface area contributed by atoms with E-state index in [2.05, 4.69) is 58.7 Å². The molecule has 1 amide bonds. The highest BCUT2D eigenvalue weighted by Gasteiger charge is 2.33. The average molecular weight is 595 g/mol. The Labute approximate surface area is 235 Å². The van der Waals surface area contributed by atoms with Gasteiger partial charge in [0.15, 0.2) is 0 Å². The molecule has 1 atom stereocenters. The van der Waals surface area contributed by atoms with Crippen molar-refractivity contribution < 1.29 is 4.79 Å². The van der Waals surface area contributed by atoms with Crippen LogP contribution in [0.1, 0.15) is 53.7 Å². The van der Waals surface area contributed by atoms with Gasteiger partial charge in [0, 0.05) is 31.9 Å². The van der Waals surface area contributed by atoms with E-state index in [9.17, 15) is 4.79 Å². The molecule has 2 heterocycles. The molecule has 0 saturated carbocycles. The van der Waals surface area contributed by atoms with Crippen LogP contribution < -0.4 is 5.32 Å². The number of halogens is 2. The van der Waals surface area contributed by atoms with E-state index < -0.39 is 0 Å². The minimum Gasteiger partial charge on any atom is -0.322 e. The number of fused-ring (bicyclic) bond motifs is 1. The van der Waals surface area contributed by atoms with Crippen molar-refractivity contribution >= 4 is 61.7 Å². The maximum absolute atomic E-state index is 13.6. The topological polar surface area (TPSA) is 46.4 Å². The van der Waals surface area contributed by atoms with Crippen molar-refractivity contribution in [1.29, 1.82) is 0 Å². The molecule has 190 valence electrons. The minimum atomic E-state index is -0.121. The van der Waals surface area contributed by atoms with E-state index >= 15 is 0 Å². The van der Waals surface area contributed by atoms with Gasteiger partial charge in [-0.05, 0) is 96.8 Å². The van der Waals surface area contributed by atoms with Crippen LogP contribution in [0.4, 0.5) is 10.7 Å². The Kier molecular flexibility index (Phi) is 7.44. The van der Waals surface area contributed by atoms with Crippen LogP contribution in [-0.2, 0) is 12.8 Å². The average Bonchev–Trinajstić information content (AvgIpc) is 3.48. The number of aliphatic imine (C=N–C) groups is 1. The first-order valence-electron chi connectivity index (χ1n) is 12.4. The first-order chi connectivity index (χ1) is 17.7. The quantitative estimate of drug-likeness (QED) is 0.230. The van der Waals surface area contributed by atoms with Gasteiger partial charge in [0.1, 0.15) is 5.00 Å². The van der Waals surface area contributed by atoms with Gasteiger partial charge in [-0.1, -0.05) is 48.3 Å². The predicted octanol–water partition coefficient (Wildman–Crippen LogP) is 9.11. The summed E-state index contributed by atoms with van der Waals surface area (Å²) in [6.07, 6.45) is 6.83. The highest BCUT2D eigenvalue weighted by Crippen LogP contribution is 2.45. The zero-order valence-electron chi connectivity index (χ0n) is 21.1. The molecule has 4 nitrogen and oxygen atoms in total. The van der Waals surface area contributed by atoms with Gasteiger partial charge in [-0.25, -0.2) is 4.99 Å². The minimum absolute atomic E-state index is 0.121. The number of rotatable bonds is 5. The fraction of sp³-hybridized carbons (Fsp3) is 0.267. The summed E-state index contributed by atoms with van der Waals surface area (Å²) in [6.45, 7) is 6.92. The fourth-order valence-corrected chi connectivity index (χ4v) is 6.48. The van der Waals surface area contributed by atoms with E-state index in [-0.39, 0.29) is 11.3 Å². The zero-order chi connectivity index (χ0) is 26.2. The van der Waals surface area contributed by atoms with Crippen LogP contribution in [0.3, 0.4) is 0 Å². The Hall–Kier alpha value is -2.67. The fourth-order valence-electron chi connectivity index (χ4n) is 4.82. The number of hydrogen-bond donors (Lipinski definition) is 1. The molecule has 0 radical (unpaired) electrons. The molecule has 0 unspecified atom stereocenters. The van der Waals surface area contributed by atoms with E-state index in [1.807, 2.05) is 48.8 Å². The molecule has 0 bridgehead atoms. The van der Waals surface area contributed by atoms with Crippen molar-refractivity contribution in [2.45, 2.75) is 40.0 Å². The second-order valence-corrected chi connectivity index (χ2v) is 12.9. The van der Waals surface area contributed by atoms with Crippen LogP contribution >= 0.6 is 38.9 Å². The maximum atomic E-state index is 13.6. The molecule has 5 rings (SSSR count). The Morgan fingerprint density at radius 2 is 1.86 bits per heavy atom. The molecule has 0 aliphatic heterocycles. The number of aromatic nitrogens is 1. The summed E-state index contributed by atoms with van der Waals surface area (Å²) >= 11 is 11.2. The molecule has 37 heavy (non-hydrogen) atoms. The second-order valence-electron chi connectivity index (χ2n) is 10.5. The highest BCUT2D eigenvalue weighted by atomic mass is 79.9. The third-order valence-electron chi connectivity index (χ3n) is 7.00. The molecule has 2 aromatic carbocycles. The van der Waals surface area contributed by atoms with Gasteiger partial charge < -0.3 is 9.88 Å². The maximum Gasteiger partial charge on any atom is 0.259 e. The predicted molar refractivity (Wildman–Crippen MR) is 159 cm³/mol. The Morgan fingerprint density at radius 3 is 2.57 bits per heavy atom. The summed E-state index contributed by atoms with van der Waals surface area (Å²) in [5.74, 6) is 0.460. The molecule has 0 fully saturated rings. The number of anilines is 1. The van der Waals surface area contributed by atoms with Crippen LogP contribution in [0, 0.1) is 11.3 Å². The van der Waals surface area contributed by atoms with Gasteiger partial charge in [-0.2, -0.15) is 0 Å².